The largest absolute Gasteiger partial charge is 0.497 e. The second-order valence-corrected chi connectivity index (χ2v) is 6.67. The molecule has 0 bridgehead atoms. The smallest absolute Gasteiger partial charge is 0.188 e. The summed E-state index contributed by atoms with van der Waals surface area (Å²) >= 11 is 1.60. The lowest BCUT2D eigenvalue weighted by Gasteiger charge is -2.28. The third-order valence-corrected chi connectivity index (χ3v) is 5.09. The average molecular weight is 338 g/mol. The van der Waals surface area contributed by atoms with Crippen LogP contribution in [-0.2, 0) is 19.5 Å². The van der Waals surface area contributed by atoms with E-state index in [1.807, 2.05) is 12.1 Å². The summed E-state index contributed by atoms with van der Waals surface area (Å²) in [7, 11) is 1.71. The monoisotopic (exact) mass is 338 g/mol. The van der Waals surface area contributed by atoms with Gasteiger partial charge in [0.15, 0.2) is 10.8 Å². The van der Waals surface area contributed by atoms with Crippen LogP contribution in [0.15, 0.2) is 42.0 Å². The Kier molecular flexibility index (Phi) is 4.23. The Morgan fingerprint density at radius 2 is 2.08 bits per heavy atom. The van der Waals surface area contributed by atoms with Gasteiger partial charge in [-0.1, -0.05) is 6.07 Å². The summed E-state index contributed by atoms with van der Waals surface area (Å²) in [4.78, 5) is 15.6. The first kappa shape index (κ1) is 15.2. The van der Waals surface area contributed by atoms with Gasteiger partial charge in [-0.15, -0.1) is 11.3 Å². The third kappa shape index (κ3) is 3.16. The highest BCUT2D eigenvalue weighted by Gasteiger charge is 2.18. The number of fused-ring (bicyclic) bond motifs is 1. The molecule has 0 saturated heterocycles. The van der Waals surface area contributed by atoms with Crippen LogP contribution in [0.25, 0.3) is 10.8 Å². The van der Waals surface area contributed by atoms with E-state index < -0.39 is 0 Å². The van der Waals surface area contributed by atoms with Gasteiger partial charge in [-0.3, -0.25) is 4.90 Å². The molecule has 2 aromatic heterocycles. The van der Waals surface area contributed by atoms with E-state index >= 15 is 0 Å². The number of benzene rings is 1. The molecule has 0 radical (unpaired) electrons. The van der Waals surface area contributed by atoms with Crippen LogP contribution >= 0.6 is 11.3 Å². The molecule has 0 unspecified atom stereocenters. The van der Waals surface area contributed by atoms with Crippen molar-refractivity contribution in [1.29, 1.82) is 0 Å². The number of aromatic nitrogens is 3. The molecule has 1 aliphatic heterocycles. The van der Waals surface area contributed by atoms with Crippen LogP contribution in [0.1, 0.15) is 16.8 Å². The Morgan fingerprint density at radius 3 is 2.92 bits per heavy atom. The molecule has 0 saturated carbocycles. The number of methoxy groups -OCH3 is 1. The van der Waals surface area contributed by atoms with Crippen molar-refractivity contribution in [1.82, 2.24) is 19.9 Å². The second-order valence-electron chi connectivity index (χ2n) is 5.81. The van der Waals surface area contributed by atoms with Gasteiger partial charge in [0.05, 0.1) is 12.8 Å². The van der Waals surface area contributed by atoms with Gasteiger partial charge in [0, 0.05) is 37.4 Å². The molecule has 6 heteroatoms. The molecular formula is C18H18N4OS. The minimum Gasteiger partial charge on any atom is -0.497 e. The van der Waals surface area contributed by atoms with E-state index in [0.29, 0.717) is 5.82 Å². The Labute approximate surface area is 145 Å². The van der Waals surface area contributed by atoms with E-state index in [1.165, 1.54) is 11.1 Å². The predicted molar refractivity (Wildman–Crippen MR) is 94.0 cm³/mol. The summed E-state index contributed by atoms with van der Waals surface area (Å²) in [6.45, 7) is 2.83. The predicted octanol–water partition coefficient (Wildman–Crippen LogP) is 3.17. The molecule has 0 atom stereocenters. The van der Waals surface area contributed by atoms with Crippen molar-refractivity contribution < 1.29 is 4.74 Å². The van der Waals surface area contributed by atoms with Crippen LogP contribution in [0.5, 0.6) is 5.75 Å². The van der Waals surface area contributed by atoms with E-state index in [1.54, 1.807) is 30.8 Å². The van der Waals surface area contributed by atoms with Crippen LogP contribution in [0.4, 0.5) is 0 Å². The molecule has 0 spiro atoms. The summed E-state index contributed by atoms with van der Waals surface area (Å²) in [6.07, 6.45) is 4.56. The van der Waals surface area contributed by atoms with Gasteiger partial charge in [0.2, 0.25) is 0 Å². The first-order chi connectivity index (χ1) is 11.8. The fourth-order valence-electron chi connectivity index (χ4n) is 2.97. The zero-order valence-electron chi connectivity index (χ0n) is 13.5. The highest BCUT2D eigenvalue weighted by molar-refractivity contribution is 7.13. The number of hydrogen-bond donors (Lipinski definition) is 0. The number of nitrogens with zero attached hydrogens (tertiary/aromatic N) is 4. The number of hydrogen-bond acceptors (Lipinski definition) is 6. The molecule has 0 amide bonds. The highest BCUT2D eigenvalue weighted by atomic mass is 32.1. The van der Waals surface area contributed by atoms with E-state index in [4.69, 9.17) is 9.72 Å². The Balaban J connectivity index is 1.47. The Morgan fingerprint density at radius 1 is 1.21 bits per heavy atom. The maximum Gasteiger partial charge on any atom is 0.188 e. The summed E-state index contributed by atoms with van der Waals surface area (Å²) in [5.74, 6) is 1.62. The van der Waals surface area contributed by atoms with Crippen LogP contribution in [0.2, 0.25) is 0 Å². The zero-order valence-corrected chi connectivity index (χ0v) is 14.3. The topological polar surface area (TPSA) is 51.1 Å². The molecule has 24 heavy (non-hydrogen) atoms. The number of ether oxygens (including phenoxy) is 1. The molecular weight excluding hydrogens is 320 g/mol. The van der Waals surface area contributed by atoms with Gasteiger partial charge < -0.3 is 4.74 Å². The minimum absolute atomic E-state index is 0.697. The molecule has 1 aliphatic rings. The summed E-state index contributed by atoms with van der Waals surface area (Å²) in [5.41, 5.74) is 3.85. The molecule has 0 aliphatic carbocycles. The molecule has 0 fully saturated rings. The van der Waals surface area contributed by atoms with Gasteiger partial charge in [0.25, 0.3) is 0 Å². The van der Waals surface area contributed by atoms with E-state index in [2.05, 4.69) is 32.4 Å². The van der Waals surface area contributed by atoms with Gasteiger partial charge in [-0.05, 0) is 35.7 Å². The lowest BCUT2D eigenvalue weighted by Crippen LogP contribution is -2.30. The lowest BCUT2D eigenvalue weighted by molar-refractivity contribution is 0.242. The number of rotatable bonds is 4. The minimum atomic E-state index is 0.697. The third-order valence-electron chi connectivity index (χ3n) is 4.20. The zero-order chi connectivity index (χ0) is 16.4. The summed E-state index contributed by atoms with van der Waals surface area (Å²) < 4.78 is 5.34. The van der Waals surface area contributed by atoms with Gasteiger partial charge in [-0.2, -0.15) is 0 Å². The Bertz CT molecular complexity index is 834. The van der Waals surface area contributed by atoms with Crippen molar-refractivity contribution in [3.05, 3.63) is 58.9 Å². The molecule has 3 aromatic rings. The van der Waals surface area contributed by atoms with Crippen LogP contribution in [-0.4, -0.2) is 33.5 Å². The van der Waals surface area contributed by atoms with Crippen molar-refractivity contribution in [2.45, 2.75) is 19.5 Å². The first-order valence-corrected chi connectivity index (χ1v) is 8.80. The van der Waals surface area contributed by atoms with E-state index in [-0.39, 0.29) is 0 Å². The highest BCUT2D eigenvalue weighted by Crippen LogP contribution is 2.26. The van der Waals surface area contributed by atoms with Crippen LogP contribution in [0, 0.1) is 0 Å². The number of thiazole rings is 1. The Hall–Kier alpha value is -2.31. The maximum atomic E-state index is 5.34. The fraction of sp³-hybridized carbons (Fsp3) is 0.278. The fourth-order valence-corrected chi connectivity index (χ4v) is 3.73. The van der Waals surface area contributed by atoms with Crippen molar-refractivity contribution in [2.24, 2.45) is 0 Å². The van der Waals surface area contributed by atoms with Crippen molar-refractivity contribution in [3.8, 4) is 16.6 Å². The molecule has 1 aromatic carbocycles. The van der Waals surface area contributed by atoms with Gasteiger partial charge >= 0.3 is 0 Å². The molecule has 5 nitrogen and oxygen atoms in total. The summed E-state index contributed by atoms with van der Waals surface area (Å²) in [6, 6.07) is 8.18. The second kappa shape index (κ2) is 6.67. The van der Waals surface area contributed by atoms with Crippen LogP contribution < -0.4 is 4.74 Å². The van der Waals surface area contributed by atoms with Gasteiger partial charge in [-0.25, -0.2) is 15.0 Å². The quantitative estimate of drug-likeness (QED) is 0.731. The van der Waals surface area contributed by atoms with E-state index in [0.717, 1.165) is 42.5 Å². The van der Waals surface area contributed by atoms with Gasteiger partial charge in [0.1, 0.15) is 5.75 Å². The molecule has 0 N–H and O–H groups in total. The lowest BCUT2D eigenvalue weighted by atomic mass is 9.99. The van der Waals surface area contributed by atoms with Crippen LogP contribution in [0.3, 0.4) is 0 Å². The normalized spacial score (nSPS) is 14.4. The standard InChI is InChI=1S/C18H18N4OS/c1-23-16-4-3-13-5-8-22(10-14(13)9-16)11-15-12-24-18(21-15)17-19-6-2-7-20-17/h2-4,6-7,9,12H,5,8,10-11H2,1H3. The van der Waals surface area contributed by atoms with Crippen molar-refractivity contribution in [2.75, 3.05) is 13.7 Å². The summed E-state index contributed by atoms with van der Waals surface area (Å²) in [5, 5.41) is 2.98. The SMILES string of the molecule is COc1ccc2c(c1)CN(Cc1csc(-c3ncccn3)n1)CC2. The van der Waals surface area contributed by atoms with Crippen molar-refractivity contribution >= 4 is 11.3 Å². The maximum absolute atomic E-state index is 5.34. The molecule has 3 heterocycles. The van der Waals surface area contributed by atoms with Crippen molar-refractivity contribution in [3.63, 3.8) is 0 Å². The van der Waals surface area contributed by atoms with E-state index in [9.17, 15) is 0 Å². The molecule has 4 rings (SSSR count). The average Bonchev–Trinajstić information content (AvgIpc) is 3.10. The first-order valence-electron chi connectivity index (χ1n) is 7.92. The molecule has 122 valence electrons.